The molecule has 12 heteroatoms. The summed E-state index contributed by atoms with van der Waals surface area (Å²) in [6, 6.07) is 14.3. The second-order valence-electron chi connectivity index (χ2n) is 6.83. The van der Waals surface area contributed by atoms with Gasteiger partial charge in [-0.2, -0.15) is 0 Å². The van der Waals surface area contributed by atoms with E-state index < -0.39 is 20.9 Å². The van der Waals surface area contributed by atoms with Crippen molar-refractivity contribution in [2.24, 2.45) is 0 Å². The number of amides is 1. The Morgan fingerprint density at radius 2 is 1.85 bits per heavy atom. The minimum absolute atomic E-state index is 0.0125. The zero-order valence-corrected chi connectivity index (χ0v) is 19.5. The first kappa shape index (κ1) is 22.6. The number of thiazole rings is 1. The van der Waals surface area contributed by atoms with E-state index in [-0.39, 0.29) is 15.0 Å². The number of carbonyl (C=O) groups excluding carboxylic acids is 1. The highest BCUT2D eigenvalue weighted by molar-refractivity contribution is 7.93. The highest BCUT2D eigenvalue weighted by Gasteiger charge is 2.17. The normalized spacial score (nSPS) is 11.7. The third-order valence-corrected chi connectivity index (χ3v) is 7.89. The van der Waals surface area contributed by atoms with Crippen molar-refractivity contribution < 1.29 is 18.1 Å². The van der Waals surface area contributed by atoms with Crippen molar-refractivity contribution in [3.8, 4) is 0 Å². The Kier molecular flexibility index (Phi) is 6.22. The van der Waals surface area contributed by atoms with Crippen LogP contribution in [-0.2, 0) is 14.8 Å². The van der Waals surface area contributed by atoms with Gasteiger partial charge in [0.25, 0.3) is 10.0 Å². The number of aryl methyl sites for hydroxylation is 1. The van der Waals surface area contributed by atoms with Crippen LogP contribution >= 0.6 is 22.7 Å². The SMILES string of the molecule is Cc1cccc2sc(NS(=O)(=O)c3ccc(NC(=O)/C=C/c4ccc([N+](=O)[O-])s4)cc3)nc12. The number of sulfonamides is 1. The number of para-hydroxylation sites is 1. The number of nitrogens with zero attached hydrogens (tertiary/aromatic N) is 2. The molecule has 0 fully saturated rings. The van der Waals surface area contributed by atoms with Crippen LogP contribution in [-0.4, -0.2) is 24.2 Å². The average Bonchev–Trinajstić information content (AvgIpc) is 3.40. The third kappa shape index (κ3) is 5.25. The molecule has 33 heavy (non-hydrogen) atoms. The number of aromatic nitrogens is 1. The first-order valence-corrected chi connectivity index (χ1v) is 12.6. The van der Waals surface area contributed by atoms with Crippen molar-refractivity contribution in [3.63, 3.8) is 0 Å². The van der Waals surface area contributed by atoms with Gasteiger partial charge < -0.3 is 5.32 Å². The molecule has 2 N–H and O–H groups in total. The van der Waals surface area contributed by atoms with Gasteiger partial charge in [-0.15, -0.1) is 0 Å². The topological polar surface area (TPSA) is 131 Å². The molecule has 0 saturated heterocycles. The minimum atomic E-state index is -3.85. The highest BCUT2D eigenvalue weighted by Crippen LogP contribution is 2.29. The molecular formula is C21H16N4O5S3. The molecule has 0 aliphatic carbocycles. The Morgan fingerprint density at radius 1 is 1.09 bits per heavy atom. The lowest BCUT2D eigenvalue weighted by Gasteiger charge is -2.07. The molecule has 0 aliphatic heterocycles. The second kappa shape index (κ2) is 9.10. The Hall–Kier alpha value is -3.61. The van der Waals surface area contributed by atoms with Gasteiger partial charge in [0.1, 0.15) is 0 Å². The van der Waals surface area contributed by atoms with Crippen LogP contribution in [0.25, 0.3) is 16.3 Å². The first-order chi connectivity index (χ1) is 15.7. The van der Waals surface area contributed by atoms with Gasteiger partial charge in [0.05, 0.1) is 20.0 Å². The standard InChI is InChI=1S/C21H16N4O5S3/c1-13-3-2-4-17-20(13)23-21(32-17)24-33(29,30)16-9-5-14(6-10-16)22-18(26)11-7-15-8-12-19(31-15)25(27)28/h2-12H,1H3,(H,22,26)(H,23,24)/b11-7+. The Balaban J connectivity index is 1.42. The zero-order chi connectivity index (χ0) is 23.6. The van der Waals surface area contributed by atoms with Crippen LogP contribution < -0.4 is 10.0 Å². The quantitative estimate of drug-likeness (QED) is 0.208. The van der Waals surface area contributed by atoms with E-state index in [1.165, 1.54) is 53.8 Å². The smallest absolute Gasteiger partial charge is 0.323 e. The van der Waals surface area contributed by atoms with Gasteiger partial charge in [-0.1, -0.05) is 34.8 Å². The Labute approximate surface area is 196 Å². The van der Waals surface area contributed by atoms with Crippen molar-refractivity contribution in [1.29, 1.82) is 0 Å². The number of benzene rings is 2. The van der Waals surface area contributed by atoms with Crippen molar-refractivity contribution in [1.82, 2.24) is 4.98 Å². The lowest BCUT2D eigenvalue weighted by molar-refractivity contribution is -0.380. The second-order valence-corrected chi connectivity index (χ2v) is 10.6. The molecule has 0 bridgehead atoms. The number of rotatable bonds is 7. The van der Waals surface area contributed by atoms with E-state index >= 15 is 0 Å². The van der Waals surface area contributed by atoms with E-state index in [0.717, 1.165) is 27.1 Å². The lowest BCUT2D eigenvalue weighted by Crippen LogP contribution is -2.13. The number of fused-ring (bicyclic) bond motifs is 1. The van der Waals surface area contributed by atoms with Crippen molar-refractivity contribution in [2.75, 3.05) is 10.0 Å². The minimum Gasteiger partial charge on any atom is -0.323 e. The maximum Gasteiger partial charge on any atom is 0.324 e. The number of hydrogen-bond donors (Lipinski definition) is 2. The molecule has 168 valence electrons. The van der Waals surface area contributed by atoms with Crippen LogP contribution in [0.15, 0.2) is 65.6 Å². The zero-order valence-electron chi connectivity index (χ0n) is 17.0. The molecule has 0 aliphatic rings. The molecule has 2 heterocycles. The molecule has 0 unspecified atom stereocenters. The highest BCUT2D eigenvalue weighted by atomic mass is 32.2. The summed E-state index contributed by atoms with van der Waals surface area (Å²) in [6.45, 7) is 1.91. The Morgan fingerprint density at radius 3 is 2.52 bits per heavy atom. The third-order valence-electron chi connectivity index (χ3n) is 4.47. The van der Waals surface area contributed by atoms with Gasteiger partial charge in [-0.05, 0) is 55.0 Å². The molecule has 0 spiro atoms. The van der Waals surface area contributed by atoms with Crippen LogP contribution in [0.4, 0.5) is 15.8 Å². The number of hydrogen-bond acceptors (Lipinski definition) is 8. The fourth-order valence-corrected chi connectivity index (χ4v) is 5.80. The molecule has 2 aromatic carbocycles. The maximum atomic E-state index is 12.7. The van der Waals surface area contributed by atoms with Gasteiger partial charge in [0.2, 0.25) is 5.91 Å². The molecule has 2 aromatic heterocycles. The summed E-state index contributed by atoms with van der Waals surface area (Å²) >= 11 is 2.20. The van der Waals surface area contributed by atoms with E-state index in [0.29, 0.717) is 10.6 Å². The first-order valence-electron chi connectivity index (χ1n) is 9.43. The van der Waals surface area contributed by atoms with Gasteiger partial charge in [-0.3, -0.25) is 19.6 Å². The number of thiophene rings is 1. The van der Waals surface area contributed by atoms with Crippen LogP contribution in [0, 0.1) is 17.0 Å². The van der Waals surface area contributed by atoms with E-state index in [2.05, 4.69) is 15.0 Å². The van der Waals surface area contributed by atoms with Crippen LogP contribution in [0.2, 0.25) is 0 Å². The Bertz CT molecular complexity index is 1490. The summed E-state index contributed by atoms with van der Waals surface area (Å²) in [6.07, 6.45) is 2.71. The summed E-state index contributed by atoms with van der Waals surface area (Å²) in [5, 5.41) is 13.6. The van der Waals surface area contributed by atoms with Gasteiger partial charge in [-0.25, -0.2) is 13.4 Å². The van der Waals surface area contributed by atoms with Gasteiger partial charge in [0.15, 0.2) is 5.13 Å². The predicted molar refractivity (Wildman–Crippen MR) is 130 cm³/mol. The fraction of sp³-hybridized carbons (Fsp3) is 0.0476. The van der Waals surface area contributed by atoms with Crippen molar-refractivity contribution in [3.05, 3.63) is 81.2 Å². The maximum absolute atomic E-state index is 12.7. The number of nitrogens with one attached hydrogen (secondary N) is 2. The number of carbonyl (C=O) groups is 1. The molecular weight excluding hydrogens is 484 g/mol. The van der Waals surface area contributed by atoms with Crippen molar-refractivity contribution in [2.45, 2.75) is 11.8 Å². The van der Waals surface area contributed by atoms with Crippen LogP contribution in [0.3, 0.4) is 0 Å². The predicted octanol–water partition coefficient (Wildman–Crippen LogP) is 5.03. The average molecular weight is 501 g/mol. The van der Waals surface area contributed by atoms with Gasteiger partial charge in [0, 0.05) is 22.7 Å². The van der Waals surface area contributed by atoms with E-state index in [1.807, 2.05) is 25.1 Å². The monoisotopic (exact) mass is 500 g/mol. The number of anilines is 2. The molecule has 9 nitrogen and oxygen atoms in total. The molecule has 0 saturated carbocycles. The molecule has 4 aromatic rings. The van der Waals surface area contributed by atoms with E-state index in [1.54, 1.807) is 6.07 Å². The van der Waals surface area contributed by atoms with Crippen LogP contribution in [0.1, 0.15) is 10.4 Å². The summed E-state index contributed by atoms with van der Waals surface area (Å²) < 4.78 is 28.8. The van der Waals surface area contributed by atoms with Crippen molar-refractivity contribution >= 4 is 70.7 Å². The van der Waals surface area contributed by atoms with E-state index in [9.17, 15) is 23.3 Å². The van der Waals surface area contributed by atoms with Gasteiger partial charge >= 0.3 is 5.00 Å². The van der Waals surface area contributed by atoms with E-state index in [4.69, 9.17) is 0 Å². The molecule has 4 rings (SSSR count). The van der Waals surface area contributed by atoms with Crippen LogP contribution in [0.5, 0.6) is 0 Å². The lowest BCUT2D eigenvalue weighted by atomic mass is 10.2. The summed E-state index contributed by atoms with van der Waals surface area (Å²) in [5.41, 5.74) is 2.11. The molecule has 1 amide bonds. The molecule has 0 radical (unpaired) electrons. The fourth-order valence-electron chi connectivity index (χ4n) is 2.89. The molecule has 0 atom stereocenters. The number of nitro groups is 1. The summed E-state index contributed by atoms with van der Waals surface area (Å²) in [5.74, 6) is -0.454. The summed E-state index contributed by atoms with van der Waals surface area (Å²) in [7, 11) is -3.85. The largest absolute Gasteiger partial charge is 0.324 e. The summed E-state index contributed by atoms with van der Waals surface area (Å²) in [4.78, 5) is 27.3.